The number of aryl methyl sites for hydroxylation is 1. The van der Waals surface area contributed by atoms with Crippen LogP contribution in [0.2, 0.25) is 0 Å². The molecule has 3 unspecified atom stereocenters. The number of ether oxygens (including phenoxy) is 1. The van der Waals surface area contributed by atoms with E-state index in [0.29, 0.717) is 24.2 Å². The Balaban J connectivity index is 1.63. The molecule has 3 atom stereocenters. The lowest BCUT2D eigenvalue weighted by molar-refractivity contribution is 0.0973. The van der Waals surface area contributed by atoms with Gasteiger partial charge in [-0.15, -0.1) is 0 Å². The van der Waals surface area contributed by atoms with Crippen LogP contribution in [0.5, 0.6) is 0 Å². The van der Waals surface area contributed by atoms with Crippen molar-refractivity contribution < 1.29 is 4.74 Å². The third-order valence-electron chi connectivity index (χ3n) is 4.14. The molecule has 100 valence electrons. The van der Waals surface area contributed by atoms with Crippen LogP contribution in [0.3, 0.4) is 0 Å². The van der Waals surface area contributed by atoms with Gasteiger partial charge in [-0.05, 0) is 25.2 Å². The molecule has 0 saturated carbocycles. The largest absolute Gasteiger partial charge is 0.373 e. The fourth-order valence-corrected chi connectivity index (χ4v) is 3.27. The molecule has 2 aliphatic rings. The summed E-state index contributed by atoms with van der Waals surface area (Å²) in [5.41, 5.74) is 2.55. The normalized spacial score (nSPS) is 30.6. The van der Waals surface area contributed by atoms with E-state index in [4.69, 9.17) is 4.74 Å². The molecule has 0 aliphatic carbocycles. The molecule has 0 radical (unpaired) electrons. The second kappa shape index (κ2) is 4.67. The van der Waals surface area contributed by atoms with Gasteiger partial charge in [0.1, 0.15) is 0 Å². The van der Waals surface area contributed by atoms with Crippen molar-refractivity contribution in [2.24, 2.45) is 7.05 Å². The Morgan fingerprint density at radius 3 is 2.94 bits per heavy atom. The van der Waals surface area contributed by atoms with E-state index in [1.54, 1.807) is 0 Å². The van der Waals surface area contributed by atoms with Crippen LogP contribution < -0.4 is 5.32 Å². The Morgan fingerprint density at radius 1 is 1.50 bits per heavy atom. The summed E-state index contributed by atoms with van der Waals surface area (Å²) in [5.74, 6) is 0.485. The molecule has 2 saturated heterocycles. The molecule has 3 heterocycles. The molecule has 1 aromatic heterocycles. The summed E-state index contributed by atoms with van der Waals surface area (Å²) < 4.78 is 7.79. The van der Waals surface area contributed by atoms with Crippen LogP contribution in [-0.4, -0.2) is 28.0 Å². The van der Waals surface area contributed by atoms with Gasteiger partial charge in [-0.25, -0.2) is 0 Å². The first-order chi connectivity index (χ1) is 8.63. The smallest absolute Gasteiger partial charge is 0.0733 e. The molecule has 4 nitrogen and oxygen atoms in total. The number of hydrogen-bond acceptors (Lipinski definition) is 3. The number of aromatic nitrogens is 2. The van der Waals surface area contributed by atoms with Crippen molar-refractivity contribution in [3.8, 4) is 0 Å². The fraction of sp³-hybridized carbons (Fsp3) is 0.786. The zero-order valence-electron chi connectivity index (χ0n) is 11.5. The predicted octanol–water partition coefficient (Wildman–Crippen LogP) is 1.95. The summed E-state index contributed by atoms with van der Waals surface area (Å²) in [4.78, 5) is 0. The Bertz CT molecular complexity index is 427. The minimum atomic E-state index is 0.453. The first-order valence-corrected chi connectivity index (χ1v) is 7.04. The quantitative estimate of drug-likeness (QED) is 0.886. The molecule has 0 amide bonds. The second-order valence-corrected chi connectivity index (χ2v) is 5.96. The van der Waals surface area contributed by atoms with Gasteiger partial charge in [0, 0.05) is 31.4 Å². The lowest BCUT2D eigenvalue weighted by Gasteiger charge is -2.20. The molecule has 1 aromatic rings. The number of rotatable bonds is 4. The minimum absolute atomic E-state index is 0.453. The number of fused-ring (bicyclic) bond motifs is 2. The van der Waals surface area contributed by atoms with Crippen molar-refractivity contribution >= 4 is 0 Å². The van der Waals surface area contributed by atoms with E-state index in [9.17, 15) is 0 Å². The third-order valence-corrected chi connectivity index (χ3v) is 4.14. The molecule has 2 fully saturated rings. The Kier molecular flexibility index (Phi) is 3.16. The third kappa shape index (κ3) is 2.19. The molecule has 0 spiro atoms. The summed E-state index contributed by atoms with van der Waals surface area (Å²) in [6.45, 7) is 5.32. The van der Waals surface area contributed by atoms with Crippen molar-refractivity contribution in [2.45, 2.75) is 63.8 Å². The van der Waals surface area contributed by atoms with E-state index >= 15 is 0 Å². The molecule has 18 heavy (non-hydrogen) atoms. The average Bonchev–Trinajstić information content (AvgIpc) is 3.00. The summed E-state index contributed by atoms with van der Waals surface area (Å²) in [6, 6.07) is 0.545. The lowest BCUT2D eigenvalue weighted by atomic mass is 9.95. The van der Waals surface area contributed by atoms with E-state index in [2.05, 4.69) is 30.5 Å². The molecule has 1 N–H and O–H groups in total. The van der Waals surface area contributed by atoms with E-state index in [-0.39, 0.29) is 0 Å². The Morgan fingerprint density at radius 2 is 2.33 bits per heavy atom. The first kappa shape index (κ1) is 12.2. The van der Waals surface area contributed by atoms with Crippen LogP contribution in [0.1, 0.15) is 50.3 Å². The van der Waals surface area contributed by atoms with Gasteiger partial charge in [0.15, 0.2) is 0 Å². The Hall–Kier alpha value is -0.870. The maximum atomic E-state index is 5.87. The molecular formula is C14H23N3O. The lowest BCUT2D eigenvalue weighted by Crippen LogP contribution is -2.37. The molecule has 3 rings (SSSR count). The monoisotopic (exact) mass is 249 g/mol. The van der Waals surface area contributed by atoms with Gasteiger partial charge < -0.3 is 10.1 Å². The molecule has 4 heteroatoms. The van der Waals surface area contributed by atoms with E-state index in [1.807, 2.05) is 11.7 Å². The standard InChI is InChI=1S/C14H23N3O/c1-9(2)14-10(8-17(3)16-14)7-15-12-6-11-4-5-13(12)18-11/h8-9,11-13,15H,4-7H2,1-3H3. The molecule has 2 bridgehead atoms. The summed E-state index contributed by atoms with van der Waals surface area (Å²) in [6.07, 6.45) is 6.78. The first-order valence-electron chi connectivity index (χ1n) is 7.04. The van der Waals surface area contributed by atoms with E-state index in [0.717, 1.165) is 6.54 Å². The van der Waals surface area contributed by atoms with Gasteiger partial charge >= 0.3 is 0 Å². The molecule has 2 aliphatic heterocycles. The number of nitrogens with one attached hydrogen (secondary N) is 1. The van der Waals surface area contributed by atoms with Crippen molar-refractivity contribution in [1.82, 2.24) is 15.1 Å². The van der Waals surface area contributed by atoms with Crippen LogP contribution in [0.25, 0.3) is 0 Å². The summed E-state index contributed by atoms with van der Waals surface area (Å²) in [5, 5.41) is 8.21. The molecule has 0 aromatic carbocycles. The summed E-state index contributed by atoms with van der Waals surface area (Å²) in [7, 11) is 2.00. The van der Waals surface area contributed by atoms with Gasteiger partial charge in [-0.1, -0.05) is 13.8 Å². The van der Waals surface area contributed by atoms with Crippen LogP contribution in [-0.2, 0) is 18.3 Å². The SMILES string of the molecule is CC(C)c1nn(C)cc1CNC1CC2CCC1O2. The van der Waals surface area contributed by atoms with Gasteiger partial charge in [0.05, 0.1) is 17.9 Å². The maximum absolute atomic E-state index is 5.87. The van der Waals surface area contributed by atoms with Crippen LogP contribution in [0.4, 0.5) is 0 Å². The van der Waals surface area contributed by atoms with E-state index in [1.165, 1.54) is 30.5 Å². The van der Waals surface area contributed by atoms with Gasteiger partial charge in [0.2, 0.25) is 0 Å². The fourth-order valence-electron chi connectivity index (χ4n) is 3.27. The zero-order chi connectivity index (χ0) is 12.7. The average molecular weight is 249 g/mol. The van der Waals surface area contributed by atoms with Gasteiger partial charge in [-0.2, -0.15) is 5.10 Å². The number of hydrogen-bond donors (Lipinski definition) is 1. The maximum Gasteiger partial charge on any atom is 0.0733 e. The highest BCUT2D eigenvalue weighted by molar-refractivity contribution is 5.20. The highest BCUT2D eigenvalue weighted by Gasteiger charge is 2.40. The van der Waals surface area contributed by atoms with Crippen molar-refractivity contribution in [3.05, 3.63) is 17.5 Å². The second-order valence-electron chi connectivity index (χ2n) is 5.96. The van der Waals surface area contributed by atoms with E-state index < -0.39 is 0 Å². The topological polar surface area (TPSA) is 39.1 Å². The Labute approximate surface area is 109 Å². The van der Waals surface area contributed by atoms with Crippen LogP contribution in [0, 0.1) is 0 Å². The molecular weight excluding hydrogens is 226 g/mol. The van der Waals surface area contributed by atoms with Crippen molar-refractivity contribution in [3.63, 3.8) is 0 Å². The zero-order valence-corrected chi connectivity index (χ0v) is 11.5. The number of nitrogens with zero attached hydrogens (tertiary/aromatic N) is 2. The van der Waals surface area contributed by atoms with Gasteiger partial charge in [0.25, 0.3) is 0 Å². The van der Waals surface area contributed by atoms with Crippen LogP contribution >= 0.6 is 0 Å². The van der Waals surface area contributed by atoms with Gasteiger partial charge in [-0.3, -0.25) is 4.68 Å². The predicted molar refractivity (Wildman–Crippen MR) is 70.4 cm³/mol. The minimum Gasteiger partial charge on any atom is -0.373 e. The highest BCUT2D eigenvalue weighted by Crippen LogP contribution is 2.34. The van der Waals surface area contributed by atoms with Crippen molar-refractivity contribution in [1.29, 1.82) is 0 Å². The van der Waals surface area contributed by atoms with Crippen molar-refractivity contribution in [2.75, 3.05) is 0 Å². The highest BCUT2D eigenvalue weighted by atomic mass is 16.5. The summed E-state index contributed by atoms with van der Waals surface area (Å²) >= 11 is 0. The van der Waals surface area contributed by atoms with Crippen LogP contribution in [0.15, 0.2) is 6.20 Å².